The second-order valence-corrected chi connectivity index (χ2v) is 7.87. The average Bonchev–Trinajstić information content (AvgIpc) is 2.77. The highest BCUT2D eigenvalue weighted by molar-refractivity contribution is 9.13. The molecular formula is C21H19Br2N3O6. The van der Waals surface area contributed by atoms with E-state index in [1.54, 1.807) is 44.2 Å². The van der Waals surface area contributed by atoms with Gasteiger partial charge in [-0.1, -0.05) is 12.1 Å². The van der Waals surface area contributed by atoms with Gasteiger partial charge >= 0.3 is 11.7 Å². The minimum atomic E-state index is -0.667. The first-order valence-electron chi connectivity index (χ1n) is 9.59. The largest absolute Gasteiger partial charge is 0.490 e. The van der Waals surface area contributed by atoms with E-state index in [9.17, 15) is 14.4 Å². The Bertz CT molecular complexity index is 1300. The van der Waals surface area contributed by atoms with Crippen LogP contribution in [0.3, 0.4) is 0 Å². The quantitative estimate of drug-likeness (QED) is 0.329. The molecule has 0 saturated carbocycles. The molecule has 32 heavy (non-hydrogen) atoms. The van der Waals surface area contributed by atoms with Crippen LogP contribution < -0.4 is 20.7 Å². The van der Waals surface area contributed by atoms with Crippen molar-refractivity contribution in [3.63, 3.8) is 0 Å². The van der Waals surface area contributed by atoms with Gasteiger partial charge in [-0.15, -0.1) is 4.68 Å². The summed E-state index contributed by atoms with van der Waals surface area (Å²) in [4.78, 5) is 39.3. The molecule has 0 radical (unpaired) electrons. The van der Waals surface area contributed by atoms with E-state index in [2.05, 4.69) is 41.9 Å². The first-order valence-corrected chi connectivity index (χ1v) is 11.2. The molecule has 0 saturated heterocycles. The molecule has 0 spiro atoms. The third-order valence-electron chi connectivity index (χ3n) is 4.19. The smallest absolute Gasteiger partial charge is 0.349 e. The number of aromatic amines is 1. The van der Waals surface area contributed by atoms with Gasteiger partial charge in [-0.2, -0.15) is 5.10 Å². The third kappa shape index (κ3) is 5.10. The summed E-state index contributed by atoms with van der Waals surface area (Å²) in [6, 6.07) is 8.29. The Kier molecular flexibility index (Phi) is 7.86. The molecule has 0 aliphatic rings. The topological polar surface area (TPSA) is 112 Å². The number of ether oxygens (including phenoxy) is 3. The molecule has 0 amide bonds. The summed E-state index contributed by atoms with van der Waals surface area (Å²) in [7, 11) is 0. The molecule has 1 N–H and O–H groups in total. The number of hydrogen-bond donors (Lipinski definition) is 1. The molecule has 0 aliphatic heterocycles. The predicted molar refractivity (Wildman–Crippen MR) is 127 cm³/mol. The van der Waals surface area contributed by atoms with Crippen LogP contribution in [-0.4, -0.2) is 41.7 Å². The van der Waals surface area contributed by atoms with Crippen molar-refractivity contribution in [1.82, 2.24) is 9.66 Å². The summed E-state index contributed by atoms with van der Waals surface area (Å²) in [6.07, 6.45) is 1.35. The number of nitrogens with zero attached hydrogens (tertiary/aromatic N) is 2. The first-order chi connectivity index (χ1) is 15.4. The zero-order valence-corrected chi connectivity index (χ0v) is 20.4. The van der Waals surface area contributed by atoms with Crippen molar-refractivity contribution in [3.8, 4) is 11.5 Å². The van der Waals surface area contributed by atoms with Crippen LogP contribution in [0, 0.1) is 0 Å². The number of halogens is 2. The highest BCUT2D eigenvalue weighted by Gasteiger charge is 2.18. The Morgan fingerprint density at radius 1 is 1.12 bits per heavy atom. The number of hydrogen-bond acceptors (Lipinski definition) is 7. The fourth-order valence-electron chi connectivity index (χ4n) is 2.81. The molecule has 1 aromatic heterocycles. The van der Waals surface area contributed by atoms with Gasteiger partial charge in [-0.05, 0) is 63.9 Å². The number of fused-ring (bicyclic) bond motifs is 1. The number of carbonyl (C=O) groups excluding carboxylic acids is 1. The summed E-state index contributed by atoms with van der Waals surface area (Å²) in [5.74, 6) is 0.122. The number of aromatic nitrogens is 2. The fourth-order valence-corrected chi connectivity index (χ4v) is 3.74. The van der Waals surface area contributed by atoms with Crippen molar-refractivity contribution in [2.24, 2.45) is 5.10 Å². The lowest BCUT2D eigenvalue weighted by atomic mass is 10.2. The maximum Gasteiger partial charge on any atom is 0.349 e. The van der Waals surface area contributed by atoms with Crippen LogP contribution in [0.4, 0.5) is 0 Å². The van der Waals surface area contributed by atoms with Gasteiger partial charge in [0.25, 0.3) is 5.56 Å². The van der Waals surface area contributed by atoms with E-state index in [0.717, 1.165) is 4.68 Å². The van der Waals surface area contributed by atoms with Gasteiger partial charge in [0.15, 0.2) is 18.1 Å². The van der Waals surface area contributed by atoms with Crippen LogP contribution in [0.5, 0.6) is 11.5 Å². The molecule has 2 aromatic carbocycles. The van der Waals surface area contributed by atoms with Gasteiger partial charge in [0, 0.05) is 10.0 Å². The molecule has 168 valence electrons. The number of carbonyl (C=O) groups is 1. The monoisotopic (exact) mass is 567 g/mol. The van der Waals surface area contributed by atoms with Crippen molar-refractivity contribution in [2.75, 3.05) is 19.8 Å². The number of para-hydroxylation sites is 1. The molecule has 11 heteroatoms. The Balaban J connectivity index is 2.01. The number of benzene rings is 2. The highest BCUT2D eigenvalue weighted by atomic mass is 79.9. The first kappa shape index (κ1) is 23.7. The SMILES string of the molecule is CCOC(=O)COc1c(OCC)cc(C=Nn2c(=O)[nH]c3ccccc3c2=O)c(Br)c1Br. The zero-order valence-electron chi connectivity index (χ0n) is 17.2. The van der Waals surface area contributed by atoms with Crippen LogP contribution in [0.25, 0.3) is 10.9 Å². The predicted octanol–water partition coefficient (Wildman–Crippen LogP) is 3.44. The number of nitrogens with one attached hydrogen (secondary N) is 1. The Hall–Kier alpha value is -2.92. The van der Waals surface area contributed by atoms with E-state index in [1.807, 2.05) is 0 Å². The maximum atomic E-state index is 12.7. The summed E-state index contributed by atoms with van der Waals surface area (Å²) in [5.41, 5.74) is -0.280. The van der Waals surface area contributed by atoms with E-state index in [-0.39, 0.29) is 13.2 Å². The lowest BCUT2D eigenvalue weighted by Gasteiger charge is -2.15. The normalized spacial score (nSPS) is 11.1. The second-order valence-electron chi connectivity index (χ2n) is 6.28. The van der Waals surface area contributed by atoms with Gasteiger partial charge in [0.05, 0.1) is 34.8 Å². The summed E-state index contributed by atoms with van der Waals surface area (Å²) in [6.45, 7) is 3.79. The van der Waals surface area contributed by atoms with E-state index in [4.69, 9.17) is 14.2 Å². The molecule has 0 atom stereocenters. The zero-order chi connectivity index (χ0) is 23.3. The number of H-pyrrole nitrogens is 1. The van der Waals surface area contributed by atoms with E-state index in [0.29, 0.717) is 43.5 Å². The third-order valence-corrected chi connectivity index (χ3v) is 6.33. The van der Waals surface area contributed by atoms with Crippen molar-refractivity contribution in [1.29, 1.82) is 0 Å². The molecule has 3 rings (SSSR count). The molecule has 1 heterocycles. The molecular weight excluding hydrogens is 550 g/mol. The fraction of sp³-hybridized carbons (Fsp3) is 0.238. The minimum absolute atomic E-state index is 0.244. The lowest BCUT2D eigenvalue weighted by molar-refractivity contribution is -0.145. The molecule has 0 fully saturated rings. The highest BCUT2D eigenvalue weighted by Crippen LogP contribution is 2.42. The van der Waals surface area contributed by atoms with E-state index in [1.165, 1.54) is 6.21 Å². The average molecular weight is 569 g/mol. The second kappa shape index (κ2) is 10.6. The van der Waals surface area contributed by atoms with Crippen LogP contribution in [0.15, 0.2) is 54.0 Å². The summed E-state index contributed by atoms with van der Waals surface area (Å²) >= 11 is 6.87. The van der Waals surface area contributed by atoms with Crippen molar-refractivity contribution in [2.45, 2.75) is 13.8 Å². The van der Waals surface area contributed by atoms with Crippen LogP contribution >= 0.6 is 31.9 Å². The molecule has 9 nitrogen and oxygen atoms in total. The Morgan fingerprint density at radius 2 is 1.88 bits per heavy atom. The molecule has 0 aliphatic carbocycles. The van der Waals surface area contributed by atoms with Crippen LogP contribution in [-0.2, 0) is 9.53 Å². The lowest BCUT2D eigenvalue weighted by Crippen LogP contribution is -2.32. The molecule has 0 bridgehead atoms. The van der Waals surface area contributed by atoms with Crippen molar-refractivity contribution >= 4 is 54.9 Å². The minimum Gasteiger partial charge on any atom is -0.490 e. The number of rotatable bonds is 8. The van der Waals surface area contributed by atoms with Gasteiger partial charge < -0.3 is 19.2 Å². The van der Waals surface area contributed by atoms with E-state index >= 15 is 0 Å². The molecule has 0 unspecified atom stereocenters. The number of esters is 1. The Morgan fingerprint density at radius 3 is 2.59 bits per heavy atom. The van der Waals surface area contributed by atoms with Gasteiger partial charge in [-0.3, -0.25) is 4.79 Å². The van der Waals surface area contributed by atoms with E-state index < -0.39 is 17.2 Å². The summed E-state index contributed by atoms with van der Waals surface area (Å²) in [5, 5.41) is 4.41. The van der Waals surface area contributed by atoms with Crippen molar-refractivity contribution < 1.29 is 19.0 Å². The van der Waals surface area contributed by atoms with Crippen LogP contribution in [0.1, 0.15) is 19.4 Å². The van der Waals surface area contributed by atoms with Crippen molar-refractivity contribution in [3.05, 3.63) is 65.7 Å². The standard InChI is InChI=1S/C21H19Br2N3O6/c1-3-30-15-9-12(17(22)18(23)19(15)32-11-16(27)31-4-2)10-24-26-20(28)13-7-5-6-8-14(13)25-21(26)29/h5-10H,3-4,11H2,1-2H3,(H,25,29). The maximum absolute atomic E-state index is 12.7. The summed E-state index contributed by atoms with van der Waals surface area (Å²) < 4.78 is 17.8. The molecule has 3 aromatic rings. The van der Waals surface area contributed by atoms with Crippen LogP contribution in [0.2, 0.25) is 0 Å². The van der Waals surface area contributed by atoms with Gasteiger partial charge in [0.2, 0.25) is 0 Å². The van der Waals surface area contributed by atoms with Gasteiger partial charge in [0.1, 0.15) is 0 Å². The Labute approximate surface area is 199 Å². The van der Waals surface area contributed by atoms with Gasteiger partial charge in [-0.25, -0.2) is 9.59 Å².